The molecule has 0 spiro atoms. The van der Waals surface area contributed by atoms with Crippen LogP contribution >= 0.6 is 11.3 Å². The van der Waals surface area contributed by atoms with Crippen LogP contribution in [0.4, 0.5) is 5.00 Å². The highest BCUT2D eigenvalue weighted by Crippen LogP contribution is 2.25. The third kappa shape index (κ3) is 2.21. The van der Waals surface area contributed by atoms with Crippen molar-refractivity contribution in [2.24, 2.45) is 7.05 Å². The molecule has 0 amide bonds. The Hall–Kier alpha value is -2.47. The fourth-order valence-electron chi connectivity index (χ4n) is 2.00. The van der Waals surface area contributed by atoms with Crippen molar-refractivity contribution >= 4 is 39.5 Å². The average molecular weight is 285 g/mol. The van der Waals surface area contributed by atoms with E-state index in [1.54, 1.807) is 6.07 Å². The Labute approximate surface area is 119 Å². The number of fused-ring (bicyclic) bond motifs is 1. The highest BCUT2D eigenvalue weighted by molar-refractivity contribution is 7.16. The number of aromatic nitrogens is 2. The first-order valence-corrected chi connectivity index (χ1v) is 6.80. The Morgan fingerprint density at radius 2 is 2.05 bits per heavy atom. The van der Waals surface area contributed by atoms with E-state index in [1.807, 2.05) is 48.0 Å². The zero-order valence-electron chi connectivity index (χ0n) is 10.7. The minimum atomic E-state index is -0.378. The summed E-state index contributed by atoms with van der Waals surface area (Å²) < 4.78 is 1.99. The molecule has 3 rings (SSSR count). The first-order valence-electron chi connectivity index (χ1n) is 5.99. The molecular weight excluding hydrogens is 274 g/mol. The Morgan fingerprint density at radius 1 is 1.25 bits per heavy atom. The van der Waals surface area contributed by atoms with E-state index in [1.165, 1.54) is 6.07 Å². The highest BCUT2D eigenvalue weighted by atomic mass is 32.1. The van der Waals surface area contributed by atoms with Crippen LogP contribution in [0.1, 0.15) is 10.7 Å². The van der Waals surface area contributed by atoms with Gasteiger partial charge in [-0.05, 0) is 30.4 Å². The Balaban J connectivity index is 1.93. The number of nitrogens with zero attached hydrogens (tertiary/aromatic N) is 3. The number of nitro groups is 1. The first-order chi connectivity index (χ1) is 9.65. The van der Waals surface area contributed by atoms with Gasteiger partial charge in [-0.1, -0.05) is 23.5 Å². The van der Waals surface area contributed by atoms with Crippen molar-refractivity contribution in [3.63, 3.8) is 0 Å². The fourth-order valence-corrected chi connectivity index (χ4v) is 2.72. The normalized spacial score (nSPS) is 11.4. The number of para-hydroxylation sites is 2. The zero-order valence-corrected chi connectivity index (χ0v) is 11.5. The summed E-state index contributed by atoms with van der Waals surface area (Å²) in [6.45, 7) is 0. The van der Waals surface area contributed by atoms with Crippen LogP contribution < -0.4 is 0 Å². The van der Waals surface area contributed by atoms with Crippen molar-refractivity contribution in [2.45, 2.75) is 0 Å². The molecule has 0 unspecified atom stereocenters. The molecule has 100 valence electrons. The number of aryl methyl sites for hydroxylation is 1. The number of hydrogen-bond acceptors (Lipinski definition) is 4. The molecule has 0 N–H and O–H groups in total. The second-order valence-corrected chi connectivity index (χ2v) is 5.38. The predicted octanol–water partition coefficient (Wildman–Crippen LogP) is 3.71. The second-order valence-electron chi connectivity index (χ2n) is 4.28. The lowest BCUT2D eigenvalue weighted by atomic mass is 10.3. The van der Waals surface area contributed by atoms with Gasteiger partial charge in [-0.15, -0.1) is 0 Å². The van der Waals surface area contributed by atoms with Crippen molar-refractivity contribution in [2.75, 3.05) is 0 Å². The Bertz CT molecular complexity index is 817. The van der Waals surface area contributed by atoms with E-state index in [9.17, 15) is 10.1 Å². The lowest BCUT2D eigenvalue weighted by molar-refractivity contribution is -0.380. The smallest absolute Gasteiger partial charge is 0.324 e. The van der Waals surface area contributed by atoms with Crippen molar-refractivity contribution in [3.05, 3.63) is 57.2 Å². The summed E-state index contributed by atoms with van der Waals surface area (Å²) in [4.78, 5) is 15.6. The molecular formula is C14H11N3O2S. The van der Waals surface area contributed by atoms with Crippen molar-refractivity contribution in [1.82, 2.24) is 9.55 Å². The lowest BCUT2D eigenvalue weighted by Gasteiger charge is -1.95. The van der Waals surface area contributed by atoms with Gasteiger partial charge in [-0.2, -0.15) is 0 Å². The molecule has 1 aromatic carbocycles. The van der Waals surface area contributed by atoms with Gasteiger partial charge in [0, 0.05) is 18.0 Å². The molecule has 0 fully saturated rings. The SMILES string of the molecule is Cn1c(C=Cc2ccc([N+](=O)[O-])s2)nc2ccccc21. The summed E-state index contributed by atoms with van der Waals surface area (Å²) in [7, 11) is 1.95. The summed E-state index contributed by atoms with van der Waals surface area (Å²) in [5, 5.41) is 10.8. The van der Waals surface area contributed by atoms with E-state index in [0.29, 0.717) is 0 Å². The van der Waals surface area contributed by atoms with Gasteiger partial charge in [-0.25, -0.2) is 4.98 Å². The zero-order chi connectivity index (χ0) is 14.1. The number of hydrogen-bond donors (Lipinski definition) is 0. The third-order valence-electron chi connectivity index (χ3n) is 3.01. The van der Waals surface area contributed by atoms with E-state index >= 15 is 0 Å². The standard InChI is InChI=1S/C14H11N3O2S/c1-16-12-5-3-2-4-11(12)15-13(16)8-6-10-7-9-14(20-10)17(18)19/h2-9H,1H3. The second kappa shape index (κ2) is 4.90. The molecule has 2 aromatic heterocycles. The molecule has 2 heterocycles. The number of imidazole rings is 1. The van der Waals surface area contributed by atoms with Gasteiger partial charge in [0.25, 0.3) is 0 Å². The molecule has 20 heavy (non-hydrogen) atoms. The van der Waals surface area contributed by atoms with Gasteiger partial charge in [0.15, 0.2) is 0 Å². The molecule has 0 aliphatic rings. The average Bonchev–Trinajstić information content (AvgIpc) is 3.03. The van der Waals surface area contributed by atoms with Gasteiger partial charge < -0.3 is 4.57 Å². The minimum absolute atomic E-state index is 0.148. The summed E-state index contributed by atoms with van der Waals surface area (Å²) in [6.07, 6.45) is 3.72. The summed E-state index contributed by atoms with van der Waals surface area (Å²) >= 11 is 1.15. The van der Waals surface area contributed by atoms with Gasteiger partial charge >= 0.3 is 5.00 Å². The van der Waals surface area contributed by atoms with Gasteiger partial charge in [0.05, 0.1) is 16.0 Å². The maximum Gasteiger partial charge on any atom is 0.324 e. The fraction of sp³-hybridized carbons (Fsp3) is 0.0714. The lowest BCUT2D eigenvalue weighted by Crippen LogP contribution is -1.90. The van der Waals surface area contributed by atoms with Crippen LogP contribution in [0.3, 0.4) is 0 Å². The number of benzene rings is 1. The van der Waals surface area contributed by atoms with Crippen LogP contribution in [0.25, 0.3) is 23.2 Å². The van der Waals surface area contributed by atoms with Crippen LogP contribution in [-0.4, -0.2) is 14.5 Å². The molecule has 0 saturated carbocycles. The molecule has 5 nitrogen and oxygen atoms in total. The van der Waals surface area contributed by atoms with E-state index in [-0.39, 0.29) is 9.92 Å². The van der Waals surface area contributed by atoms with Crippen LogP contribution in [0, 0.1) is 10.1 Å². The topological polar surface area (TPSA) is 61.0 Å². The molecule has 6 heteroatoms. The van der Waals surface area contributed by atoms with E-state index in [0.717, 1.165) is 33.1 Å². The van der Waals surface area contributed by atoms with Crippen LogP contribution in [0.15, 0.2) is 36.4 Å². The summed E-state index contributed by atoms with van der Waals surface area (Å²) in [5.41, 5.74) is 2.00. The number of thiophene rings is 1. The Morgan fingerprint density at radius 3 is 2.75 bits per heavy atom. The van der Waals surface area contributed by atoms with Gasteiger partial charge in [-0.3, -0.25) is 10.1 Å². The van der Waals surface area contributed by atoms with Crippen LogP contribution in [0.5, 0.6) is 0 Å². The van der Waals surface area contributed by atoms with Gasteiger partial charge in [0.2, 0.25) is 0 Å². The van der Waals surface area contributed by atoms with Crippen LogP contribution in [0.2, 0.25) is 0 Å². The van der Waals surface area contributed by atoms with Crippen molar-refractivity contribution in [3.8, 4) is 0 Å². The Kier molecular flexibility index (Phi) is 3.08. The van der Waals surface area contributed by atoms with Gasteiger partial charge in [0.1, 0.15) is 5.82 Å². The summed E-state index contributed by atoms with van der Waals surface area (Å²) in [5.74, 6) is 0.822. The van der Waals surface area contributed by atoms with E-state index in [4.69, 9.17) is 0 Å². The molecule has 0 aliphatic carbocycles. The minimum Gasteiger partial charge on any atom is -0.328 e. The monoisotopic (exact) mass is 285 g/mol. The van der Waals surface area contributed by atoms with E-state index < -0.39 is 0 Å². The highest BCUT2D eigenvalue weighted by Gasteiger charge is 2.08. The quantitative estimate of drug-likeness (QED) is 0.544. The molecule has 0 radical (unpaired) electrons. The first kappa shape index (κ1) is 12.6. The van der Waals surface area contributed by atoms with Crippen LogP contribution in [-0.2, 0) is 7.05 Å². The molecule has 0 bridgehead atoms. The maximum absolute atomic E-state index is 10.6. The maximum atomic E-state index is 10.6. The third-order valence-corrected chi connectivity index (χ3v) is 4.01. The van der Waals surface area contributed by atoms with Crippen molar-refractivity contribution in [1.29, 1.82) is 0 Å². The molecule has 0 atom stereocenters. The molecule has 0 saturated heterocycles. The molecule has 3 aromatic rings. The van der Waals surface area contributed by atoms with E-state index in [2.05, 4.69) is 4.98 Å². The predicted molar refractivity (Wildman–Crippen MR) is 80.6 cm³/mol. The van der Waals surface area contributed by atoms with Crippen molar-refractivity contribution < 1.29 is 4.92 Å². The molecule has 0 aliphatic heterocycles. The number of rotatable bonds is 3. The largest absolute Gasteiger partial charge is 0.328 e. The summed E-state index contributed by atoms with van der Waals surface area (Å²) in [6, 6.07) is 11.1.